The lowest BCUT2D eigenvalue weighted by molar-refractivity contribution is 0.565. The molecule has 110 valence electrons. The minimum atomic E-state index is -0.964. The van der Waals surface area contributed by atoms with E-state index in [1.807, 2.05) is 37.3 Å². The van der Waals surface area contributed by atoms with E-state index in [-0.39, 0.29) is 0 Å². The van der Waals surface area contributed by atoms with E-state index in [9.17, 15) is 9.59 Å². The van der Waals surface area contributed by atoms with Crippen LogP contribution in [-0.2, 0) is 14.5 Å². The highest BCUT2D eigenvalue weighted by Gasteiger charge is 2.34. The van der Waals surface area contributed by atoms with Gasteiger partial charge in [0.25, 0.3) is 0 Å². The maximum Gasteiger partial charge on any atom is 0.240 e. The average Bonchev–Trinajstić information content (AvgIpc) is 2.56. The van der Waals surface area contributed by atoms with E-state index in [1.54, 1.807) is 18.2 Å². The molecule has 2 aromatic carbocycles. The normalized spacial score (nSPS) is 12.6. The van der Waals surface area contributed by atoms with Crippen molar-refractivity contribution in [1.82, 2.24) is 0 Å². The van der Waals surface area contributed by atoms with Gasteiger partial charge in [0.2, 0.25) is 12.2 Å². The number of hydrogen-bond acceptors (Lipinski definition) is 4. The van der Waals surface area contributed by atoms with Crippen LogP contribution in [-0.4, -0.2) is 12.2 Å². The van der Waals surface area contributed by atoms with Crippen LogP contribution < -0.4 is 0 Å². The van der Waals surface area contributed by atoms with E-state index in [2.05, 4.69) is 9.98 Å². The van der Waals surface area contributed by atoms with Crippen molar-refractivity contribution < 1.29 is 9.59 Å². The molecular weight excluding hydrogens is 300 g/mol. The zero-order valence-electron chi connectivity index (χ0n) is 11.9. The Balaban J connectivity index is 2.82. The first-order chi connectivity index (χ1) is 10.7. The maximum absolute atomic E-state index is 10.7. The van der Waals surface area contributed by atoms with Gasteiger partial charge in [-0.15, -0.1) is 11.6 Å². The number of isocyanates is 2. The molecule has 0 spiro atoms. The van der Waals surface area contributed by atoms with Crippen molar-refractivity contribution in [2.75, 3.05) is 0 Å². The second-order valence-electron chi connectivity index (χ2n) is 4.60. The van der Waals surface area contributed by atoms with Crippen LogP contribution in [0, 0.1) is 0 Å². The van der Waals surface area contributed by atoms with Crippen LogP contribution in [0.15, 0.2) is 58.5 Å². The van der Waals surface area contributed by atoms with Gasteiger partial charge >= 0.3 is 0 Å². The van der Waals surface area contributed by atoms with Crippen LogP contribution in [0.3, 0.4) is 0 Å². The minimum absolute atomic E-state index is 0.340. The van der Waals surface area contributed by atoms with Gasteiger partial charge in [0.1, 0.15) is 0 Å². The van der Waals surface area contributed by atoms with Gasteiger partial charge in [-0.3, -0.25) is 0 Å². The number of hydrogen-bond donors (Lipinski definition) is 0. The van der Waals surface area contributed by atoms with E-state index in [1.165, 1.54) is 12.2 Å². The summed E-state index contributed by atoms with van der Waals surface area (Å²) in [5, 5.41) is 0. The maximum atomic E-state index is 10.7. The van der Waals surface area contributed by atoms with Gasteiger partial charge in [-0.2, -0.15) is 9.98 Å². The summed E-state index contributed by atoms with van der Waals surface area (Å²) in [5.41, 5.74) is 2.01. The molecule has 1 atom stereocenters. The van der Waals surface area contributed by atoms with Crippen LogP contribution in [0.5, 0.6) is 0 Å². The summed E-state index contributed by atoms with van der Waals surface area (Å²) in [6, 6.07) is 14.3. The number of benzene rings is 2. The van der Waals surface area contributed by atoms with Crippen molar-refractivity contribution in [2.45, 2.75) is 18.2 Å². The molecule has 0 bridgehead atoms. The van der Waals surface area contributed by atoms with E-state index in [0.717, 1.165) is 5.56 Å². The first-order valence-corrected chi connectivity index (χ1v) is 7.08. The van der Waals surface area contributed by atoms with Crippen LogP contribution in [0.25, 0.3) is 0 Å². The Labute approximate surface area is 133 Å². The lowest BCUT2D eigenvalue weighted by Gasteiger charge is -2.28. The predicted molar refractivity (Wildman–Crippen MR) is 85.4 cm³/mol. The Morgan fingerprint density at radius 1 is 0.955 bits per heavy atom. The molecule has 2 rings (SSSR count). The number of aliphatic imine (C=N–C) groups is 2. The van der Waals surface area contributed by atoms with E-state index >= 15 is 0 Å². The largest absolute Gasteiger partial charge is 0.240 e. The standard InChI is InChI=1S/C17H13ClN2O2/c1-2-17(18,13-7-4-3-5-8-13)16-14(19-11-21)9-6-10-15(16)20-12-22/h3-10H,2H2,1H3. The van der Waals surface area contributed by atoms with Crippen LogP contribution >= 0.6 is 11.6 Å². The lowest BCUT2D eigenvalue weighted by Crippen LogP contribution is -2.19. The van der Waals surface area contributed by atoms with E-state index < -0.39 is 4.87 Å². The van der Waals surface area contributed by atoms with Crippen molar-refractivity contribution in [2.24, 2.45) is 9.98 Å². The number of alkyl halides is 1. The summed E-state index contributed by atoms with van der Waals surface area (Å²) in [6.07, 6.45) is 3.55. The predicted octanol–water partition coefficient (Wildman–Crippen LogP) is 4.51. The van der Waals surface area contributed by atoms with Gasteiger partial charge < -0.3 is 0 Å². The van der Waals surface area contributed by atoms with E-state index in [4.69, 9.17) is 11.6 Å². The number of rotatable bonds is 5. The quantitative estimate of drug-likeness (QED) is 0.463. The molecule has 0 aromatic heterocycles. The average molecular weight is 313 g/mol. The third-order valence-corrected chi connectivity index (χ3v) is 4.14. The highest BCUT2D eigenvalue weighted by molar-refractivity contribution is 6.27. The molecule has 0 aliphatic heterocycles. The Bertz CT molecular complexity index is 727. The fraction of sp³-hybridized carbons (Fsp3) is 0.176. The minimum Gasteiger partial charge on any atom is -0.211 e. The first kappa shape index (κ1) is 15.9. The zero-order valence-corrected chi connectivity index (χ0v) is 12.7. The molecule has 2 aromatic rings. The van der Waals surface area contributed by atoms with Crippen molar-refractivity contribution >= 4 is 35.1 Å². The van der Waals surface area contributed by atoms with Crippen LogP contribution in [0.2, 0.25) is 0 Å². The molecule has 1 unspecified atom stereocenters. The van der Waals surface area contributed by atoms with Gasteiger partial charge in [-0.05, 0) is 24.1 Å². The molecule has 22 heavy (non-hydrogen) atoms. The fourth-order valence-corrected chi connectivity index (χ4v) is 2.77. The highest BCUT2D eigenvalue weighted by Crippen LogP contribution is 2.48. The summed E-state index contributed by atoms with van der Waals surface area (Å²) in [5.74, 6) is 0. The summed E-state index contributed by atoms with van der Waals surface area (Å²) in [6.45, 7) is 1.91. The second-order valence-corrected chi connectivity index (χ2v) is 5.24. The molecular formula is C17H13ClN2O2. The monoisotopic (exact) mass is 312 g/mol. The molecule has 0 N–H and O–H groups in total. The van der Waals surface area contributed by atoms with Gasteiger partial charge in [-0.25, -0.2) is 9.59 Å². The Kier molecular flexibility index (Phi) is 5.03. The topological polar surface area (TPSA) is 58.9 Å². The SMILES string of the molecule is CCC(Cl)(c1ccccc1)c1c(N=C=O)cccc1N=C=O. The Morgan fingerprint density at radius 3 is 1.95 bits per heavy atom. The van der Waals surface area contributed by atoms with Crippen LogP contribution in [0.4, 0.5) is 11.4 Å². The van der Waals surface area contributed by atoms with Crippen LogP contribution in [0.1, 0.15) is 24.5 Å². The van der Waals surface area contributed by atoms with Crippen molar-refractivity contribution in [3.05, 3.63) is 59.7 Å². The van der Waals surface area contributed by atoms with E-state index in [0.29, 0.717) is 23.4 Å². The summed E-state index contributed by atoms with van der Waals surface area (Å²) in [4.78, 5) is 27.9. The molecule has 0 radical (unpaired) electrons. The lowest BCUT2D eigenvalue weighted by atomic mass is 9.86. The van der Waals surface area contributed by atoms with Gasteiger partial charge in [0, 0.05) is 5.56 Å². The molecule has 0 fully saturated rings. The molecule has 0 saturated heterocycles. The summed E-state index contributed by atoms with van der Waals surface area (Å²) >= 11 is 6.88. The Hall–Kier alpha value is -2.51. The summed E-state index contributed by atoms with van der Waals surface area (Å²) in [7, 11) is 0. The fourth-order valence-electron chi connectivity index (χ4n) is 2.45. The second kappa shape index (κ2) is 6.97. The molecule has 0 amide bonds. The number of halogens is 1. The van der Waals surface area contributed by atoms with Crippen molar-refractivity contribution in [1.29, 1.82) is 0 Å². The highest BCUT2D eigenvalue weighted by atomic mass is 35.5. The van der Waals surface area contributed by atoms with Gasteiger partial charge in [-0.1, -0.05) is 43.3 Å². The van der Waals surface area contributed by atoms with Gasteiger partial charge in [0.15, 0.2) is 0 Å². The molecule has 5 heteroatoms. The summed E-state index contributed by atoms with van der Waals surface area (Å²) < 4.78 is 0. The zero-order chi connectivity index (χ0) is 16.0. The van der Waals surface area contributed by atoms with Crippen molar-refractivity contribution in [3.8, 4) is 0 Å². The third kappa shape index (κ3) is 2.90. The number of carbonyl (C=O) groups excluding carboxylic acids is 2. The molecule has 0 heterocycles. The smallest absolute Gasteiger partial charge is 0.211 e. The van der Waals surface area contributed by atoms with Crippen molar-refractivity contribution in [3.63, 3.8) is 0 Å². The first-order valence-electron chi connectivity index (χ1n) is 6.71. The third-order valence-electron chi connectivity index (χ3n) is 3.47. The molecule has 0 saturated carbocycles. The Morgan fingerprint density at radius 2 is 1.50 bits per heavy atom. The van der Waals surface area contributed by atoms with Gasteiger partial charge in [0.05, 0.1) is 16.2 Å². The number of nitrogens with zero attached hydrogens (tertiary/aromatic N) is 2. The molecule has 0 aliphatic rings. The molecule has 0 aliphatic carbocycles. The molecule has 4 nitrogen and oxygen atoms in total.